The molecule has 0 unspecified atom stereocenters. The molecule has 1 aromatic rings. The molecule has 2 N–H and O–H groups in total. The summed E-state index contributed by atoms with van der Waals surface area (Å²) in [6, 6.07) is 8.23. The van der Waals surface area contributed by atoms with E-state index in [0.717, 1.165) is 37.7 Å². The summed E-state index contributed by atoms with van der Waals surface area (Å²) in [5.41, 5.74) is 0.976. The van der Waals surface area contributed by atoms with Gasteiger partial charge in [0.1, 0.15) is 18.7 Å². The predicted molar refractivity (Wildman–Crippen MR) is 127 cm³/mol. The van der Waals surface area contributed by atoms with Gasteiger partial charge in [0, 0.05) is 13.1 Å². The van der Waals surface area contributed by atoms with Crippen LogP contribution in [-0.2, 0) is 25.7 Å². The Labute approximate surface area is 202 Å². The molecule has 1 amide bonds. The second-order valence-electron chi connectivity index (χ2n) is 8.29. The fourth-order valence-corrected chi connectivity index (χ4v) is 3.88. The summed E-state index contributed by atoms with van der Waals surface area (Å²) in [4.78, 5) is 37.3. The van der Waals surface area contributed by atoms with Gasteiger partial charge in [-0.05, 0) is 44.6 Å². The number of carboxylic acid groups (broad SMARTS) is 1. The molecular formula is C24H37ClN2O6. The van der Waals surface area contributed by atoms with Gasteiger partial charge in [-0.2, -0.15) is 0 Å². The molecule has 0 aliphatic carbocycles. The number of hydrogen-bond acceptors (Lipinski definition) is 6. The SMILES string of the molecule is CCOC(=O)[C@@H](CCCCC1CCN(C(=O)OCc2ccccc2)CC1)N[C@@H](C)C(=O)O.Cl. The van der Waals surface area contributed by atoms with Gasteiger partial charge in [0.15, 0.2) is 0 Å². The standard InChI is InChI=1S/C24H36N2O6.ClH/c1-3-31-23(29)21(25-18(2)22(27)28)12-8-7-9-19-13-15-26(16-14-19)24(30)32-17-20-10-5-4-6-11-20;/h4-6,10-11,18-19,21,25H,3,7-9,12-17H2,1-2H3,(H,27,28);1H/t18-,21+;/m0./s1. The highest BCUT2D eigenvalue weighted by Gasteiger charge is 2.26. The number of esters is 1. The van der Waals surface area contributed by atoms with E-state index in [-0.39, 0.29) is 31.7 Å². The number of piperidine rings is 1. The molecule has 1 aromatic carbocycles. The molecular weight excluding hydrogens is 448 g/mol. The molecule has 0 saturated carbocycles. The molecule has 8 nitrogen and oxygen atoms in total. The Bertz CT molecular complexity index is 725. The molecule has 1 heterocycles. The zero-order valence-corrected chi connectivity index (χ0v) is 20.4. The Balaban J connectivity index is 0.00000544. The normalized spacial score (nSPS) is 15.8. The summed E-state index contributed by atoms with van der Waals surface area (Å²) < 4.78 is 10.5. The number of ether oxygens (including phenoxy) is 2. The third-order valence-electron chi connectivity index (χ3n) is 5.83. The summed E-state index contributed by atoms with van der Waals surface area (Å²) in [6.45, 7) is 5.20. The van der Waals surface area contributed by atoms with Gasteiger partial charge in [0.2, 0.25) is 0 Å². The summed E-state index contributed by atoms with van der Waals surface area (Å²) >= 11 is 0. The fraction of sp³-hybridized carbons (Fsp3) is 0.625. The first kappa shape index (κ1) is 28.7. The Hall–Kier alpha value is -2.32. The minimum atomic E-state index is -0.992. The van der Waals surface area contributed by atoms with Gasteiger partial charge < -0.3 is 19.5 Å². The molecule has 0 radical (unpaired) electrons. The van der Waals surface area contributed by atoms with E-state index < -0.39 is 24.0 Å². The summed E-state index contributed by atoms with van der Waals surface area (Å²) in [5, 5.41) is 11.9. The van der Waals surface area contributed by atoms with Crippen molar-refractivity contribution in [2.75, 3.05) is 19.7 Å². The van der Waals surface area contributed by atoms with Gasteiger partial charge in [-0.15, -0.1) is 12.4 Å². The maximum absolute atomic E-state index is 12.3. The van der Waals surface area contributed by atoms with Crippen LogP contribution in [0.25, 0.3) is 0 Å². The third-order valence-corrected chi connectivity index (χ3v) is 5.83. The Kier molecular flexibility index (Phi) is 13.5. The number of carbonyl (C=O) groups is 3. The number of aliphatic carboxylic acids is 1. The lowest BCUT2D eigenvalue weighted by Gasteiger charge is -2.31. The van der Waals surface area contributed by atoms with Gasteiger partial charge in [-0.1, -0.05) is 49.6 Å². The maximum atomic E-state index is 12.3. The number of benzene rings is 1. The van der Waals surface area contributed by atoms with Crippen molar-refractivity contribution >= 4 is 30.4 Å². The van der Waals surface area contributed by atoms with Crippen LogP contribution in [-0.4, -0.2) is 59.8 Å². The molecule has 0 bridgehead atoms. The van der Waals surface area contributed by atoms with Crippen LogP contribution in [0.15, 0.2) is 30.3 Å². The van der Waals surface area contributed by atoms with Gasteiger partial charge in [-0.3, -0.25) is 14.9 Å². The van der Waals surface area contributed by atoms with Crippen molar-refractivity contribution in [2.45, 2.75) is 71.1 Å². The van der Waals surface area contributed by atoms with E-state index in [9.17, 15) is 14.4 Å². The molecule has 1 saturated heterocycles. The molecule has 2 atom stereocenters. The van der Waals surface area contributed by atoms with E-state index in [2.05, 4.69) is 5.32 Å². The number of hydrogen-bond donors (Lipinski definition) is 2. The number of rotatable bonds is 12. The van der Waals surface area contributed by atoms with Gasteiger partial charge in [0.05, 0.1) is 6.61 Å². The molecule has 1 aliphatic rings. The highest BCUT2D eigenvalue weighted by atomic mass is 35.5. The monoisotopic (exact) mass is 484 g/mol. The zero-order chi connectivity index (χ0) is 23.3. The van der Waals surface area contributed by atoms with E-state index >= 15 is 0 Å². The number of unbranched alkanes of at least 4 members (excludes halogenated alkanes) is 1. The highest BCUT2D eigenvalue weighted by Crippen LogP contribution is 2.24. The smallest absolute Gasteiger partial charge is 0.410 e. The molecule has 9 heteroatoms. The van der Waals surface area contributed by atoms with Crippen LogP contribution in [0, 0.1) is 5.92 Å². The average Bonchev–Trinajstić information content (AvgIpc) is 2.80. The van der Waals surface area contributed by atoms with Gasteiger partial charge in [-0.25, -0.2) is 4.79 Å². The molecule has 1 fully saturated rings. The van der Waals surface area contributed by atoms with Crippen LogP contribution >= 0.6 is 12.4 Å². The lowest BCUT2D eigenvalue weighted by Crippen LogP contribution is -2.46. The first-order valence-corrected chi connectivity index (χ1v) is 11.5. The molecule has 0 spiro atoms. The van der Waals surface area contributed by atoms with E-state index in [0.29, 0.717) is 25.4 Å². The Morgan fingerprint density at radius 2 is 1.79 bits per heavy atom. The van der Waals surface area contributed by atoms with Crippen molar-refractivity contribution in [1.82, 2.24) is 10.2 Å². The van der Waals surface area contributed by atoms with Crippen LogP contribution < -0.4 is 5.32 Å². The van der Waals surface area contributed by atoms with Crippen LogP contribution in [0.5, 0.6) is 0 Å². The minimum Gasteiger partial charge on any atom is -0.480 e. The number of likely N-dealkylation sites (tertiary alicyclic amines) is 1. The van der Waals surface area contributed by atoms with Crippen molar-refractivity contribution in [3.8, 4) is 0 Å². The summed E-state index contributed by atoms with van der Waals surface area (Å²) in [5.74, 6) is -0.851. The molecule has 33 heavy (non-hydrogen) atoms. The predicted octanol–water partition coefficient (Wildman–Crippen LogP) is 4.01. The maximum Gasteiger partial charge on any atom is 0.410 e. The van der Waals surface area contributed by atoms with Crippen molar-refractivity contribution < 1.29 is 29.0 Å². The minimum absolute atomic E-state index is 0. The molecule has 1 aliphatic heterocycles. The van der Waals surface area contributed by atoms with Crippen molar-refractivity contribution in [2.24, 2.45) is 5.92 Å². The largest absolute Gasteiger partial charge is 0.480 e. The van der Waals surface area contributed by atoms with Crippen molar-refractivity contribution in [3.05, 3.63) is 35.9 Å². The molecule has 186 valence electrons. The first-order chi connectivity index (χ1) is 15.4. The summed E-state index contributed by atoms with van der Waals surface area (Å²) in [7, 11) is 0. The van der Waals surface area contributed by atoms with E-state index in [4.69, 9.17) is 14.6 Å². The Morgan fingerprint density at radius 1 is 1.12 bits per heavy atom. The third kappa shape index (κ3) is 10.4. The van der Waals surface area contributed by atoms with Crippen molar-refractivity contribution in [3.63, 3.8) is 0 Å². The van der Waals surface area contributed by atoms with Crippen LogP contribution in [0.2, 0.25) is 0 Å². The second kappa shape index (κ2) is 15.5. The number of carboxylic acids is 1. The van der Waals surface area contributed by atoms with Crippen LogP contribution in [0.3, 0.4) is 0 Å². The van der Waals surface area contributed by atoms with Crippen LogP contribution in [0.1, 0.15) is 57.9 Å². The molecule has 2 rings (SSSR count). The van der Waals surface area contributed by atoms with E-state index in [1.807, 2.05) is 30.3 Å². The van der Waals surface area contributed by atoms with E-state index in [1.54, 1.807) is 11.8 Å². The lowest BCUT2D eigenvalue weighted by atomic mass is 9.91. The number of halogens is 1. The highest BCUT2D eigenvalue weighted by molar-refractivity contribution is 5.85. The first-order valence-electron chi connectivity index (χ1n) is 11.5. The van der Waals surface area contributed by atoms with Crippen LogP contribution in [0.4, 0.5) is 4.79 Å². The number of nitrogens with zero attached hydrogens (tertiary/aromatic N) is 1. The number of carbonyl (C=O) groups excluding carboxylic acids is 2. The lowest BCUT2D eigenvalue weighted by molar-refractivity contribution is -0.147. The topological polar surface area (TPSA) is 105 Å². The van der Waals surface area contributed by atoms with Gasteiger partial charge in [0.25, 0.3) is 0 Å². The van der Waals surface area contributed by atoms with E-state index in [1.165, 1.54) is 6.92 Å². The molecule has 0 aromatic heterocycles. The second-order valence-corrected chi connectivity index (χ2v) is 8.29. The quantitative estimate of drug-likeness (QED) is 0.341. The number of amides is 1. The fourth-order valence-electron chi connectivity index (χ4n) is 3.88. The Morgan fingerprint density at radius 3 is 2.39 bits per heavy atom. The number of nitrogens with one attached hydrogen (secondary N) is 1. The van der Waals surface area contributed by atoms with Crippen molar-refractivity contribution in [1.29, 1.82) is 0 Å². The van der Waals surface area contributed by atoms with Gasteiger partial charge >= 0.3 is 18.0 Å². The summed E-state index contributed by atoms with van der Waals surface area (Å²) in [6.07, 6.45) is 4.94. The zero-order valence-electron chi connectivity index (χ0n) is 19.5. The average molecular weight is 485 g/mol.